The summed E-state index contributed by atoms with van der Waals surface area (Å²) in [6, 6.07) is 5.05. The van der Waals surface area contributed by atoms with Crippen molar-refractivity contribution in [1.29, 1.82) is 0 Å². The molecule has 2 rings (SSSR count). The summed E-state index contributed by atoms with van der Waals surface area (Å²) in [6.45, 7) is 5.92. The van der Waals surface area contributed by atoms with Crippen LogP contribution in [-0.4, -0.2) is 46.1 Å². The lowest BCUT2D eigenvalue weighted by atomic mass is 10.2. The van der Waals surface area contributed by atoms with E-state index in [1.807, 2.05) is 6.92 Å². The second kappa shape index (κ2) is 9.75. The van der Waals surface area contributed by atoms with Crippen LogP contribution in [0.2, 0.25) is 0 Å². The number of sulfonamides is 1. The van der Waals surface area contributed by atoms with Crippen molar-refractivity contribution in [3.63, 3.8) is 0 Å². The highest BCUT2D eigenvalue weighted by Crippen LogP contribution is 2.27. The number of rotatable bonds is 8. The monoisotopic (exact) mass is 418 g/mol. The van der Waals surface area contributed by atoms with Crippen molar-refractivity contribution in [1.82, 2.24) is 9.62 Å². The summed E-state index contributed by atoms with van der Waals surface area (Å²) in [5, 5.41) is 0. The van der Waals surface area contributed by atoms with Crippen molar-refractivity contribution in [2.75, 3.05) is 32.8 Å². The second-order valence-electron chi connectivity index (χ2n) is 6.03. The van der Waals surface area contributed by atoms with E-state index < -0.39 is 10.0 Å². The molecule has 0 bridgehead atoms. The Morgan fingerprint density at radius 2 is 1.92 bits per heavy atom. The topological polar surface area (TPSA) is 58.6 Å². The van der Waals surface area contributed by atoms with Gasteiger partial charge < -0.3 is 9.64 Å². The largest absolute Gasteiger partial charge is 0.492 e. The molecule has 1 aromatic carbocycles. The lowest BCUT2D eigenvalue weighted by Gasteiger charge is -2.19. The Labute approximate surface area is 153 Å². The number of ether oxygens (including phenoxy) is 1. The molecule has 1 fully saturated rings. The van der Waals surface area contributed by atoms with Gasteiger partial charge >= 0.3 is 0 Å². The fourth-order valence-electron chi connectivity index (χ4n) is 2.91. The summed E-state index contributed by atoms with van der Waals surface area (Å²) in [4.78, 5) is 2.62. The number of nitrogens with one attached hydrogen (secondary N) is 1. The predicted octanol–water partition coefficient (Wildman–Crippen LogP) is 3.39. The zero-order chi connectivity index (χ0) is 17.4. The molecule has 1 N–H and O–H groups in total. The van der Waals surface area contributed by atoms with Crippen LogP contribution in [0, 0.1) is 0 Å². The fraction of sp³-hybridized carbons (Fsp3) is 0.647. The maximum absolute atomic E-state index is 12.6. The third-order valence-corrected chi connectivity index (χ3v) is 6.11. The minimum absolute atomic E-state index is 0.188. The van der Waals surface area contributed by atoms with Crippen molar-refractivity contribution in [2.45, 2.75) is 43.9 Å². The van der Waals surface area contributed by atoms with Gasteiger partial charge in [-0.3, -0.25) is 0 Å². The van der Waals surface area contributed by atoms with Crippen molar-refractivity contribution < 1.29 is 13.2 Å². The number of benzene rings is 1. The molecule has 0 atom stereocenters. The molecule has 136 valence electrons. The molecule has 5 nitrogen and oxygen atoms in total. The van der Waals surface area contributed by atoms with Crippen LogP contribution in [0.15, 0.2) is 27.6 Å². The van der Waals surface area contributed by atoms with Gasteiger partial charge in [0.25, 0.3) is 0 Å². The van der Waals surface area contributed by atoms with Gasteiger partial charge in [0.2, 0.25) is 10.0 Å². The second-order valence-corrected chi connectivity index (χ2v) is 8.68. The van der Waals surface area contributed by atoms with E-state index in [9.17, 15) is 8.42 Å². The molecule has 1 aromatic rings. The molecule has 1 saturated heterocycles. The number of likely N-dealkylation sites (tertiary alicyclic amines) is 1. The van der Waals surface area contributed by atoms with E-state index in [4.69, 9.17) is 4.74 Å². The van der Waals surface area contributed by atoms with E-state index in [1.54, 1.807) is 18.2 Å². The first-order chi connectivity index (χ1) is 11.5. The minimum atomic E-state index is -3.57. The van der Waals surface area contributed by atoms with Gasteiger partial charge in [0.15, 0.2) is 0 Å². The van der Waals surface area contributed by atoms with Crippen LogP contribution in [0.25, 0.3) is 0 Å². The standard InChI is InChI=1S/C17H27BrN2O3S/c1-2-23-16-9-8-15(18)14-17(16)24(21,22)19-10-7-13-20-11-5-3-4-6-12-20/h8-9,14,19H,2-7,10-13H2,1H3. The summed E-state index contributed by atoms with van der Waals surface area (Å²) in [5.41, 5.74) is 0. The van der Waals surface area contributed by atoms with Crippen molar-refractivity contribution in [3.8, 4) is 5.75 Å². The van der Waals surface area contributed by atoms with Crippen LogP contribution in [0.1, 0.15) is 39.0 Å². The SMILES string of the molecule is CCOc1ccc(Br)cc1S(=O)(=O)NCCCN1CCCCCC1. The quantitative estimate of drug-likeness (QED) is 0.657. The van der Waals surface area contributed by atoms with Gasteiger partial charge in [0, 0.05) is 11.0 Å². The highest BCUT2D eigenvalue weighted by atomic mass is 79.9. The minimum Gasteiger partial charge on any atom is -0.492 e. The molecule has 0 radical (unpaired) electrons. The maximum Gasteiger partial charge on any atom is 0.244 e. The first-order valence-corrected chi connectivity index (χ1v) is 10.9. The molecule has 1 aliphatic rings. The molecule has 1 heterocycles. The van der Waals surface area contributed by atoms with Crippen LogP contribution in [-0.2, 0) is 10.0 Å². The molecule has 0 unspecified atom stereocenters. The van der Waals surface area contributed by atoms with Crippen LogP contribution >= 0.6 is 15.9 Å². The molecular weight excluding hydrogens is 392 g/mol. The highest BCUT2D eigenvalue weighted by Gasteiger charge is 2.20. The van der Waals surface area contributed by atoms with E-state index >= 15 is 0 Å². The highest BCUT2D eigenvalue weighted by molar-refractivity contribution is 9.10. The molecule has 0 aromatic heterocycles. The Hall–Kier alpha value is -0.630. The van der Waals surface area contributed by atoms with Gasteiger partial charge in [-0.2, -0.15) is 0 Å². The summed E-state index contributed by atoms with van der Waals surface area (Å²) >= 11 is 3.33. The van der Waals surface area contributed by atoms with E-state index in [0.29, 0.717) is 18.9 Å². The average Bonchev–Trinajstić information content (AvgIpc) is 2.82. The zero-order valence-corrected chi connectivity index (χ0v) is 16.7. The lowest BCUT2D eigenvalue weighted by Crippen LogP contribution is -2.30. The van der Waals surface area contributed by atoms with Crippen LogP contribution in [0.3, 0.4) is 0 Å². The Bertz CT molecular complexity index is 614. The van der Waals surface area contributed by atoms with E-state index in [-0.39, 0.29) is 4.90 Å². The molecule has 0 spiro atoms. The van der Waals surface area contributed by atoms with Gasteiger partial charge in [-0.25, -0.2) is 13.1 Å². The summed E-state index contributed by atoms with van der Waals surface area (Å²) < 4.78 is 34.0. The molecule has 24 heavy (non-hydrogen) atoms. The lowest BCUT2D eigenvalue weighted by molar-refractivity contribution is 0.282. The normalized spacial score (nSPS) is 16.8. The molecule has 1 aliphatic heterocycles. The molecule has 0 saturated carbocycles. The van der Waals surface area contributed by atoms with Crippen molar-refractivity contribution in [3.05, 3.63) is 22.7 Å². The van der Waals surface area contributed by atoms with Gasteiger partial charge in [0.1, 0.15) is 10.6 Å². The number of nitrogens with zero attached hydrogens (tertiary/aromatic N) is 1. The first kappa shape index (κ1) is 19.7. The van der Waals surface area contributed by atoms with Crippen molar-refractivity contribution >= 4 is 26.0 Å². The number of hydrogen-bond acceptors (Lipinski definition) is 4. The van der Waals surface area contributed by atoms with Gasteiger partial charge in [-0.15, -0.1) is 0 Å². The molecule has 0 amide bonds. The average molecular weight is 419 g/mol. The van der Waals surface area contributed by atoms with E-state index in [0.717, 1.165) is 30.5 Å². The Morgan fingerprint density at radius 3 is 2.58 bits per heavy atom. The summed E-state index contributed by atoms with van der Waals surface area (Å²) in [7, 11) is -3.57. The maximum atomic E-state index is 12.6. The number of halogens is 1. The van der Waals surface area contributed by atoms with Crippen LogP contribution < -0.4 is 9.46 Å². The van der Waals surface area contributed by atoms with Gasteiger partial charge in [0.05, 0.1) is 6.61 Å². The Morgan fingerprint density at radius 1 is 1.21 bits per heavy atom. The predicted molar refractivity (Wildman–Crippen MR) is 100 cm³/mol. The van der Waals surface area contributed by atoms with Crippen LogP contribution in [0.5, 0.6) is 5.75 Å². The van der Waals surface area contributed by atoms with Crippen molar-refractivity contribution in [2.24, 2.45) is 0 Å². The van der Waals surface area contributed by atoms with E-state index in [2.05, 4.69) is 25.6 Å². The van der Waals surface area contributed by atoms with Gasteiger partial charge in [-0.05, 0) is 64.0 Å². The van der Waals surface area contributed by atoms with Crippen LogP contribution in [0.4, 0.5) is 0 Å². The molecule has 0 aliphatic carbocycles. The Kier molecular flexibility index (Phi) is 8.00. The smallest absolute Gasteiger partial charge is 0.244 e. The summed E-state index contributed by atoms with van der Waals surface area (Å²) in [5.74, 6) is 0.390. The fourth-order valence-corrected chi connectivity index (χ4v) is 4.67. The third-order valence-electron chi connectivity index (χ3n) is 4.14. The third kappa shape index (κ3) is 6.02. The Balaban J connectivity index is 1.90. The first-order valence-electron chi connectivity index (χ1n) is 8.67. The zero-order valence-electron chi connectivity index (χ0n) is 14.3. The summed E-state index contributed by atoms with van der Waals surface area (Å²) in [6.07, 6.45) is 5.94. The molecule has 7 heteroatoms. The molecular formula is C17H27BrN2O3S. The van der Waals surface area contributed by atoms with E-state index in [1.165, 1.54) is 25.7 Å². The van der Waals surface area contributed by atoms with Gasteiger partial charge in [-0.1, -0.05) is 28.8 Å². The number of hydrogen-bond donors (Lipinski definition) is 1.